The number of rotatable bonds is 9. The van der Waals surface area contributed by atoms with E-state index in [9.17, 15) is 14.4 Å². The molecule has 0 saturated heterocycles. The molecule has 2 rings (SSSR count). The van der Waals surface area contributed by atoms with Crippen molar-refractivity contribution in [1.29, 1.82) is 0 Å². The molecule has 7 nitrogen and oxygen atoms in total. The second-order valence-corrected chi connectivity index (χ2v) is 6.04. The van der Waals surface area contributed by atoms with Gasteiger partial charge in [0.25, 0.3) is 11.5 Å². The first-order valence-corrected chi connectivity index (χ1v) is 8.95. The first kappa shape index (κ1) is 20.2. The monoisotopic (exact) mass is 369 g/mol. The van der Waals surface area contributed by atoms with Crippen LogP contribution in [0.25, 0.3) is 10.8 Å². The molecule has 0 unspecified atom stereocenters. The maximum Gasteiger partial charge on any atom is 0.359 e. The Morgan fingerprint density at radius 3 is 2.67 bits per heavy atom. The van der Waals surface area contributed by atoms with Crippen LogP contribution in [0.4, 0.5) is 0 Å². The highest BCUT2D eigenvalue weighted by Crippen LogP contribution is 2.14. The number of nitrogens with zero attached hydrogens (tertiary/aromatic N) is 2. The van der Waals surface area contributed by atoms with Crippen LogP contribution in [0.3, 0.4) is 0 Å². The Balaban J connectivity index is 2.24. The molecule has 0 radical (unpaired) electrons. The number of aryl methyl sites for hydroxylation is 1. The van der Waals surface area contributed by atoms with Crippen molar-refractivity contribution in [1.82, 2.24) is 15.1 Å². The number of aromatic nitrogens is 2. The SMILES string of the molecule is C#CCNC(=O)COC(=O)c1nn(CCCCCC)c(=O)c2ccccc12. The zero-order valence-electron chi connectivity index (χ0n) is 15.4. The topological polar surface area (TPSA) is 90.3 Å². The van der Waals surface area contributed by atoms with Crippen LogP contribution in [0.1, 0.15) is 43.1 Å². The van der Waals surface area contributed by atoms with Gasteiger partial charge in [-0.2, -0.15) is 5.10 Å². The molecular formula is C20H23N3O4. The normalized spacial score (nSPS) is 10.4. The molecule has 0 bridgehead atoms. The Morgan fingerprint density at radius 1 is 1.22 bits per heavy atom. The second kappa shape index (κ2) is 10.1. The number of carbonyl (C=O) groups is 2. The highest BCUT2D eigenvalue weighted by molar-refractivity contribution is 6.02. The van der Waals surface area contributed by atoms with E-state index in [-0.39, 0.29) is 17.8 Å². The van der Waals surface area contributed by atoms with Crippen LogP contribution in [-0.2, 0) is 16.1 Å². The van der Waals surface area contributed by atoms with Crippen LogP contribution >= 0.6 is 0 Å². The third-order valence-corrected chi connectivity index (χ3v) is 4.01. The van der Waals surface area contributed by atoms with E-state index in [1.807, 2.05) is 0 Å². The van der Waals surface area contributed by atoms with Gasteiger partial charge in [0, 0.05) is 11.9 Å². The Hall–Kier alpha value is -3.14. The second-order valence-electron chi connectivity index (χ2n) is 6.04. The largest absolute Gasteiger partial charge is 0.451 e. The number of carbonyl (C=O) groups excluding carboxylic acids is 2. The Labute approximate surface area is 157 Å². The molecule has 0 aliphatic carbocycles. The Kier molecular flexibility index (Phi) is 7.56. The van der Waals surface area contributed by atoms with Crippen LogP contribution in [-0.4, -0.2) is 34.8 Å². The molecule has 27 heavy (non-hydrogen) atoms. The molecule has 0 saturated carbocycles. The van der Waals surface area contributed by atoms with Crippen LogP contribution in [0.15, 0.2) is 29.1 Å². The predicted octanol–water partition coefficient (Wildman–Crippen LogP) is 1.88. The van der Waals surface area contributed by atoms with Crippen LogP contribution in [0.2, 0.25) is 0 Å². The summed E-state index contributed by atoms with van der Waals surface area (Å²) in [6.07, 6.45) is 8.99. The van der Waals surface area contributed by atoms with E-state index >= 15 is 0 Å². The lowest BCUT2D eigenvalue weighted by molar-refractivity contribution is -0.123. The van der Waals surface area contributed by atoms with Crippen LogP contribution in [0, 0.1) is 12.3 Å². The van der Waals surface area contributed by atoms with Crippen molar-refractivity contribution in [3.8, 4) is 12.3 Å². The number of unbranched alkanes of at least 4 members (excludes halogenated alkanes) is 3. The average molecular weight is 369 g/mol. The molecule has 1 N–H and O–H groups in total. The lowest BCUT2D eigenvalue weighted by atomic mass is 10.1. The maximum absolute atomic E-state index is 12.6. The molecule has 0 atom stereocenters. The molecule has 0 spiro atoms. The Morgan fingerprint density at radius 2 is 1.96 bits per heavy atom. The molecule has 0 aliphatic heterocycles. The number of esters is 1. The average Bonchev–Trinajstić information content (AvgIpc) is 2.69. The van der Waals surface area contributed by atoms with E-state index in [1.54, 1.807) is 24.3 Å². The number of hydrogen-bond donors (Lipinski definition) is 1. The minimum absolute atomic E-state index is 0.0189. The van der Waals surface area contributed by atoms with Crippen molar-refractivity contribution in [3.63, 3.8) is 0 Å². The van der Waals surface area contributed by atoms with Crippen molar-refractivity contribution < 1.29 is 14.3 Å². The van der Waals surface area contributed by atoms with Gasteiger partial charge < -0.3 is 10.1 Å². The number of amides is 1. The fourth-order valence-corrected chi connectivity index (χ4v) is 2.63. The zero-order chi connectivity index (χ0) is 19.6. The molecule has 7 heteroatoms. The van der Waals surface area contributed by atoms with Crippen molar-refractivity contribution in [3.05, 3.63) is 40.3 Å². The van der Waals surface area contributed by atoms with Gasteiger partial charge in [-0.15, -0.1) is 6.42 Å². The van der Waals surface area contributed by atoms with Crippen molar-refractivity contribution in [2.75, 3.05) is 13.2 Å². The smallest absolute Gasteiger partial charge is 0.359 e. The summed E-state index contributed by atoms with van der Waals surface area (Å²) in [4.78, 5) is 36.6. The molecule has 0 aliphatic rings. The van der Waals surface area contributed by atoms with Gasteiger partial charge >= 0.3 is 5.97 Å². The highest BCUT2D eigenvalue weighted by atomic mass is 16.5. The standard InChI is InChI=1S/C20H23N3O4/c1-3-5-6-9-13-23-19(25)16-11-8-7-10-15(16)18(22-23)20(26)27-14-17(24)21-12-4-2/h2,7-8,10-11H,3,5-6,9,12-14H2,1H3,(H,21,24). The first-order chi connectivity index (χ1) is 13.1. The van der Waals surface area contributed by atoms with E-state index in [0.29, 0.717) is 17.3 Å². The van der Waals surface area contributed by atoms with Crippen LogP contribution in [0.5, 0.6) is 0 Å². The van der Waals surface area contributed by atoms with Gasteiger partial charge in [0.2, 0.25) is 0 Å². The van der Waals surface area contributed by atoms with Crippen LogP contribution < -0.4 is 10.9 Å². The number of benzene rings is 1. The lowest BCUT2D eigenvalue weighted by Gasteiger charge is -2.11. The van der Waals surface area contributed by atoms with Gasteiger partial charge in [0.15, 0.2) is 12.3 Å². The molecule has 0 fully saturated rings. The number of hydrogen-bond acceptors (Lipinski definition) is 5. The Bertz CT molecular complexity index is 912. The third kappa shape index (κ3) is 5.42. The quantitative estimate of drug-likeness (QED) is 0.414. The van der Waals surface area contributed by atoms with Gasteiger partial charge in [-0.25, -0.2) is 9.48 Å². The first-order valence-electron chi connectivity index (χ1n) is 8.95. The van der Waals surface area contributed by atoms with E-state index in [1.165, 1.54) is 4.68 Å². The summed E-state index contributed by atoms with van der Waals surface area (Å²) in [7, 11) is 0. The van der Waals surface area contributed by atoms with E-state index in [4.69, 9.17) is 11.2 Å². The van der Waals surface area contributed by atoms with Crippen molar-refractivity contribution in [2.24, 2.45) is 0 Å². The molecule has 1 aromatic heterocycles. The predicted molar refractivity (Wildman–Crippen MR) is 102 cm³/mol. The molecular weight excluding hydrogens is 346 g/mol. The number of nitrogens with one attached hydrogen (secondary N) is 1. The summed E-state index contributed by atoms with van der Waals surface area (Å²) >= 11 is 0. The summed E-state index contributed by atoms with van der Waals surface area (Å²) in [5.41, 5.74) is -0.226. The number of fused-ring (bicyclic) bond motifs is 1. The third-order valence-electron chi connectivity index (χ3n) is 4.01. The van der Waals surface area contributed by atoms with Gasteiger partial charge in [0.1, 0.15) is 0 Å². The minimum Gasteiger partial charge on any atom is -0.451 e. The summed E-state index contributed by atoms with van der Waals surface area (Å²) in [5, 5.41) is 7.41. The fraction of sp³-hybridized carbons (Fsp3) is 0.400. The molecule has 1 heterocycles. The molecule has 1 amide bonds. The maximum atomic E-state index is 12.6. The minimum atomic E-state index is -0.760. The number of ether oxygens (including phenoxy) is 1. The molecule has 142 valence electrons. The van der Waals surface area contributed by atoms with E-state index in [0.717, 1.165) is 25.7 Å². The summed E-state index contributed by atoms with van der Waals surface area (Å²) in [6.45, 7) is 2.12. The summed E-state index contributed by atoms with van der Waals surface area (Å²) < 4.78 is 6.33. The zero-order valence-corrected chi connectivity index (χ0v) is 15.4. The summed E-state index contributed by atoms with van der Waals surface area (Å²) in [6, 6.07) is 6.73. The van der Waals surface area contributed by atoms with Crippen molar-refractivity contribution >= 4 is 22.6 Å². The molecule has 1 aromatic carbocycles. The van der Waals surface area contributed by atoms with Gasteiger partial charge in [-0.1, -0.05) is 50.3 Å². The van der Waals surface area contributed by atoms with Gasteiger partial charge in [-0.05, 0) is 12.5 Å². The lowest BCUT2D eigenvalue weighted by Crippen LogP contribution is -2.30. The van der Waals surface area contributed by atoms with Crippen molar-refractivity contribution in [2.45, 2.75) is 39.2 Å². The van der Waals surface area contributed by atoms with E-state index in [2.05, 4.69) is 23.3 Å². The number of terminal acetylenes is 1. The highest BCUT2D eigenvalue weighted by Gasteiger charge is 2.18. The summed E-state index contributed by atoms with van der Waals surface area (Å²) in [5.74, 6) is 1.00. The van der Waals surface area contributed by atoms with E-state index < -0.39 is 18.5 Å². The molecule has 2 aromatic rings. The van der Waals surface area contributed by atoms with Gasteiger partial charge in [0.05, 0.1) is 11.9 Å². The van der Waals surface area contributed by atoms with Gasteiger partial charge in [-0.3, -0.25) is 9.59 Å². The fourth-order valence-electron chi connectivity index (χ4n) is 2.63.